The van der Waals surface area contributed by atoms with Crippen molar-refractivity contribution in [1.82, 2.24) is 4.90 Å². The molecule has 2 amide bonds. The molecule has 0 spiro atoms. The number of hydrogen-bond acceptors (Lipinski definition) is 3. The zero-order valence-corrected chi connectivity index (χ0v) is 6.11. The fourth-order valence-corrected chi connectivity index (χ4v) is 0.771. The summed E-state index contributed by atoms with van der Waals surface area (Å²) in [6.45, 7) is 0.310. The largest absolute Gasteiger partial charge is 0.515 e. The Morgan fingerprint density at radius 1 is 1.82 bits per heavy atom. The number of nitrogens with zero attached hydrogens (tertiary/aromatic N) is 2. The molecule has 0 radical (unpaired) electrons. The Morgan fingerprint density at radius 3 is 3.00 bits per heavy atom. The number of likely N-dealkylation sites (N-methyl/N-ethyl adjacent to an activating group) is 1. The van der Waals surface area contributed by atoms with E-state index >= 15 is 0 Å². The van der Waals surface area contributed by atoms with Crippen LogP contribution in [-0.2, 0) is 0 Å². The fourth-order valence-electron chi connectivity index (χ4n) is 0.771. The highest BCUT2D eigenvalue weighted by atomic mass is 16.2. The van der Waals surface area contributed by atoms with Gasteiger partial charge in [0.05, 0.1) is 12.8 Å². The number of aliphatic hydroxyl groups is 1. The smallest absolute Gasteiger partial charge is 0.345 e. The molecule has 1 aliphatic rings. The van der Waals surface area contributed by atoms with Gasteiger partial charge in [-0.2, -0.15) is 4.99 Å². The lowest BCUT2D eigenvalue weighted by molar-refractivity contribution is 0.221. The van der Waals surface area contributed by atoms with E-state index in [0.717, 1.165) is 6.26 Å². The molecule has 0 fully saturated rings. The van der Waals surface area contributed by atoms with Crippen molar-refractivity contribution in [2.45, 2.75) is 0 Å². The van der Waals surface area contributed by atoms with E-state index in [9.17, 15) is 4.79 Å². The Hall–Kier alpha value is -1.52. The Bertz CT molecular complexity index is 244. The number of carbonyl (C=O) groups excluding carboxylic acids is 1. The van der Waals surface area contributed by atoms with Crippen LogP contribution in [0.25, 0.3) is 0 Å². The van der Waals surface area contributed by atoms with Gasteiger partial charge in [0, 0.05) is 12.6 Å². The van der Waals surface area contributed by atoms with E-state index in [2.05, 4.69) is 4.99 Å². The number of nitrogens with two attached hydrogens (primary N) is 1. The van der Waals surface area contributed by atoms with Gasteiger partial charge in [-0.15, -0.1) is 0 Å². The van der Waals surface area contributed by atoms with Crippen LogP contribution in [0.1, 0.15) is 0 Å². The number of carbonyl (C=O) groups is 1. The van der Waals surface area contributed by atoms with E-state index in [1.54, 1.807) is 7.05 Å². The van der Waals surface area contributed by atoms with Gasteiger partial charge in [0.25, 0.3) is 0 Å². The summed E-state index contributed by atoms with van der Waals surface area (Å²) in [5, 5.41) is 8.60. The molecule has 0 aliphatic carbocycles. The number of hydrogen-bond donors (Lipinski definition) is 2. The second-order valence-corrected chi connectivity index (χ2v) is 2.29. The Morgan fingerprint density at radius 2 is 2.45 bits per heavy atom. The van der Waals surface area contributed by atoms with Crippen molar-refractivity contribution in [2.75, 3.05) is 13.6 Å². The summed E-state index contributed by atoms with van der Waals surface area (Å²) in [5.41, 5.74) is 5.78. The van der Waals surface area contributed by atoms with Gasteiger partial charge in [-0.05, 0) is 0 Å². The first kappa shape index (κ1) is 7.59. The highest BCUT2D eigenvalue weighted by Crippen LogP contribution is 2.05. The Kier molecular flexibility index (Phi) is 1.80. The standard InChI is InChI=1S/C6H9N3O2/c1-9-2-4(3-10)5(7)8-6(9)11/h3,10H,2H2,1H3,(H2,7,8,11)/b4-3-. The average molecular weight is 155 g/mol. The summed E-state index contributed by atoms with van der Waals surface area (Å²) < 4.78 is 0. The molecule has 0 aromatic carbocycles. The first-order valence-electron chi connectivity index (χ1n) is 3.08. The van der Waals surface area contributed by atoms with Crippen LogP contribution in [0.3, 0.4) is 0 Å². The molecule has 1 heterocycles. The monoisotopic (exact) mass is 155 g/mol. The van der Waals surface area contributed by atoms with Crippen LogP contribution >= 0.6 is 0 Å². The van der Waals surface area contributed by atoms with Crippen LogP contribution in [0.2, 0.25) is 0 Å². The molecular formula is C6H9N3O2. The normalized spacial score (nSPS) is 22.3. The predicted octanol–water partition coefficient (Wildman–Crippen LogP) is -0.149. The van der Waals surface area contributed by atoms with Gasteiger partial charge in [-0.1, -0.05) is 0 Å². The minimum Gasteiger partial charge on any atom is -0.515 e. The molecule has 0 unspecified atom stereocenters. The minimum atomic E-state index is -0.381. The molecule has 5 heteroatoms. The predicted molar refractivity (Wildman–Crippen MR) is 40.4 cm³/mol. The lowest BCUT2D eigenvalue weighted by atomic mass is 10.2. The highest BCUT2D eigenvalue weighted by Gasteiger charge is 2.18. The summed E-state index contributed by atoms with van der Waals surface area (Å²) in [6.07, 6.45) is 0.863. The summed E-state index contributed by atoms with van der Waals surface area (Å²) in [7, 11) is 1.59. The third-order valence-corrected chi connectivity index (χ3v) is 1.43. The first-order valence-corrected chi connectivity index (χ1v) is 3.08. The molecule has 0 saturated carbocycles. The molecule has 0 aromatic rings. The number of amidine groups is 1. The molecule has 0 bridgehead atoms. The van der Waals surface area contributed by atoms with Gasteiger partial charge < -0.3 is 15.7 Å². The average Bonchev–Trinajstić information content (AvgIpc) is 1.97. The number of amides is 2. The molecule has 11 heavy (non-hydrogen) atoms. The number of urea groups is 1. The first-order chi connectivity index (χ1) is 5.15. The topological polar surface area (TPSA) is 78.9 Å². The van der Waals surface area contributed by atoms with Gasteiger partial charge in [-0.3, -0.25) is 0 Å². The van der Waals surface area contributed by atoms with E-state index < -0.39 is 0 Å². The molecule has 1 rings (SSSR count). The van der Waals surface area contributed by atoms with Crippen molar-refractivity contribution < 1.29 is 9.90 Å². The second kappa shape index (κ2) is 2.61. The zero-order valence-electron chi connectivity index (χ0n) is 6.11. The molecule has 0 aromatic heterocycles. The van der Waals surface area contributed by atoms with Crippen LogP contribution < -0.4 is 5.73 Å². The third kappa shape index (κ3) is 1.31. The van der Waals surface area contributed by atoms with Crippen molar-refractivity contribution >= 4 is 11.9 Å². The van der Waals surface area contributed by atoms with Crippen molar-refractivity contribution in [3.63, 3.8) is 0 Å². The lowest BCUT2D eigenvalue weighted by Crippen LogP contribution is -2.37. The quantitative estimate of drug-likeness (QED) is 0.477. The molecule has 5 nitrogen and oxygen atoms in total. The van der Waals surface area contributed by atoms with Gasteiger partial charge in [-0.25, -0.2) is 4.79 Å². The van der Waals surface area contributed by atoms with E-state index in [-0.39, 0.29) is 11.9 Å². The lowest BCUT2D eigenvalue weighted by Gasteiger charge is -2.20. The molecule has 0 saturated heterocycles. The van der Waals surface area contributed by atoms with Crippen LogP contribution in [0.4, 0.5) is 4.79 Å². The van der Waals surface area contributed by atoms with Crippen molar-refractivity contribution in [1.29, 1.82) is 0 Å². The number of aliphatic hydroxyl groups excluding tert-OH is 1. The van der Waals surface area contributed by atoms with Crippen LogP contribution in [-0.4, -0.2) is 35.5 Å². The maximum atomic E-state index is 10.8. The molecule has 0 atom stereocenters. The van der Waals surface area contributed by atoms with Gasteiger partial charge in [0.15, 0.2) is 0 Å². The van der Waals surface area contributed by atoms with E-state index in [1.807, 2.05) is 0 Å². The van der Waals surface area contributed by atoms with E-state index in [1.165, 1.54) is 4.90 Å². The van der Waals surface area contributed by atoms with Crippen molar-refractivity contribution in [3.8, 4) is 0 Å². The summed E-state index contributed by atoms with van der Waals surface area (Å²) in [5.74, 6) is 0.0931. The van der Waals surface area contributed by atoms with Gasteiger partial charge in [0.2, 0.25) is 0 Å². The van der Waals surface area contributed by atoms with Gasteiger partial charge in [0.1, 0.15) is 5.84 Å². The second-order valence-electron chi connectivity index (χ2n) is 2.29. The Labute approximate surface area is 63.8 Å². The maximum Gasteiger partial charge on any atom is 0.345 e. The molecule has 3 N–H and O–H groups in total. The summed E-state index contributed by atoms with van der Waals surface area (Å²) in [4.78, 5) is 15.6. The van der Waals surface area contributed by atoms with Gasteiger partial charge >= 0.3 is 6.03 Å². The highest BCUT2D eigenvalue weighted by molar-refractivity contribution is 6.05. The van der Waals surface area contributed by atoms with Crippen molar-refractivity contribution in [3.05, 3.63) is 11.8 Å². The third-order valence-electron chi connectivity index (χ3n) is 1.43. The summed E-state index contributed by atoms with van der Waals surface area (Å²) in [6, 6.07) is -0.381. The number of rotatable bonds is 0. The van der Waals surface area contributed by atoms with Crippen LogP contribution in [0, 0.1) is 0 Å². The number of aliphatic imine (C=N–C) groups is 1. The van der Waals surface area contributed by atoms with E-state index in [0.29, 0.717) is 12.1 Å². The van der Waals surface area contributed by atoms with Crippen molar-refractivity contribution in [2.24, 2.45) is 10.7 Å². The maximum absolute atomic E-state index is 10.8. The molecule has 60 valence electrons. The Balaban J connectivity index is 2.94. The van der Waals surface area contributed by atoms with E-state index in [4.69, 9.17) is 10.8 Å². The zero-order chi connectivity index (χ0) is 8.43. The minimum absolute atomic E-state index is 0.0931. The summed E-state index contributed by atoms with van der Waals surface area (Å²) >= 11 is 0. The molecule has 1 aliphatic heterocycles. The van der Waals surface area contributed by atoms with Crippen LogP contribution in [0.5, 0.6) is 0 Å². The fraction of sp³-hybridized carbons (Fsp3) is 0.333. The SMILES string of the molecule is CN1C/C(=C/O)C(N)=NC1=O. The van der Waals surface area contributed by atoms with Crippen LogP contribution in [0.15, 0.2) is 16.8 Å². The molecular weight excluding hydrogens is 146 g/mol.